The van der Waals surface area contributed by atoms with E-state index in [1.54, 1.807) is 0 Å². The second-order valence-electron chi connectivity index (χ2n) is 3.90. The third kappa shape index (κ3) is 15.7. The lowest BCUT2D eigenvalue weighted by atomic mass is 10.2. The van der Waals surface area contributed by atoms with Crippen molar-refractivity contribution in [2.24, 2.45) is 5.73 Å². The minimum atomic E-state index is -0.276. The Morgan fingerprint density at radius 3 is 2.06 bits per heavy atom. The van der Waals surface area contributed by atoms with Crippen LogP contribution in [-0.2, 0) is 14.3 Å². The number of amides is 1. The van der Waals surface area contributed by atoms with Gasteiger partial charge in [0.2, 0.25) is 5.91 Å². The molecule has 0 aromatic heterocycles. The summed E-state index contributed by atoms with van der Waals surface area (Å²) in [6.07, 6.45) is 5.60. The van der Waals surface area contributed by atoms with E-state index in [2.05, 4.69) is 0 Å². The van der Waals surface area contributed by atoms with Crippen molar-refractivity contribution in [2.45, 2.75) is 38.5 Å². The summed E-state index contributed by atoms with van der Waals surface area (Å²) >= 11 is 5.57. The first-order valence-corrected chi connectivity index (χ1v) is 6.80. The fourth-order valence-electron chi connectivity index (χ4n) is 1.32. The van der Waals surface area contributed by atoms with Gasteiger partial charge in [-0.25, -0.2) is 0 Å². The smallest absolute Gasteiger partial charge is 0.217 e. The first-order valence-electron chi connectivity index (χ1n) is 6.27. The van der Waals surface area contributed by atoms with Gasteiger partial charge in [0, 0.05) is 25.5 Å². The molecule has 4 nitrogen and oxygen atoms in total. The summed E-state index contributed by atoms with van der Waals surface area (Å²) in [5.74, 6) is 0.474. The summed E-state index contributed by atoms with van der Waals surface area (Å²) in [6.45, 7) is 2.56. The number of unbranched alkanes of at least 4 members (excludes halogenated alkanes) is 3. The fourth-order valence-corrected chi connectivity index (χ4v) is 1.51. The standard InChI is InChI=1S/C12H24ClNO3/c13-7-3-1-2-4-8-16-10-11-17-9-5-6-12(14)15/h1-11H2,(H2,14,15). The minimum absolute atomic E-state index is 0.276. The average Bonchev–Trinajstić information content (AvgIpc) is 2.30. The van der Waals surface area contributed by atoms with Crippen LogP contribution in [0.3, 0.4) is 0 Å². The molecule has 0 aliphatic rings. The molecular formula is C12H24ClNO3. The maximum atomic E-state index is 10.4. The largest absolute Gasteiger partial charge is 0.379 e. The van der Waals surface area contributed by atoms with Gasteiger partial charge in [-0.3, -0.25) is 4.79 Å². The number of rotatable bonds is 13. The molecule has 0 atom stereocenters. The van der Waals surface area contributed by atoms with Gasteiger partial charge in [0.25, 0.3) is 0 Å². The highest BCUT2D eigenvalue weighted by atomic mass is 35.5. The second-order valence-corrected chi connectivity index (χ2v) is 4.28. The van der Waals surface area contributed by atoms with Gasteiger partial charge in [0.05, 0.1) is 13.2 Å². The van der Waals surface area contributed by atoms with Crippen LogP contribution in [0.1, 0.15) is 38.5 Å². The van der Waals surface area contributed by atoms with E-state index in [1.165, 1.54) is 12.8 Å². The van der Waals surface area contributed by atoms with E-state index in [4.69, 9.17) is 26.8 Å². The van der Waals surface area contributed by atoms with E-state index in [0.717, 1.165) is 25.3 Å². The molecule has 102 valence electrons. The third-order valence-corrected chi connectivity index (χ3v) is 2.52. The average molecular weight is 266 g/mol. The number of halogens is 1. The highest BCUT2D eigenvalue weighted by Gasteiger charge is 1.95. The van der Waals surface area contributed by atoms with Crippen LogP contribution in [0, 0.1) is 0 Å². The van der Waals surface area contributed by atoms with Crippen LogP contribution in [0.4, 0.5) is 0 Å². The van der Waals surface area contributed by atoms with Crippen LogP contribution < -0.4 is 5.73 Å². The predicted molar refractivity (Wildman–Crippen MR) is 69.3 cm³/mol. The highest BCUT2D eigenvalue weighted by Crippen LogP contribution is 2.01. The zero-order chi connectivity index (χ0) is 12.8. The maximum Gasteiger partial charge on any atom is 0.217 e. The molecule has 0 aromatic carbocycles. The van der Waals surface area contributed by atoms with E-state index >= 15 is 0 Å². The number of carbonyl (C=O) groups is 1. The Morgan fingerprint density at radius 1 is 0.882 bits per heavy atom. The van der Waals surface area contributed by atoms with Crippen molar-refractivity contribution in [1.29, 1.82) is 0 Å². The molecule has 1 amide bonds. The van der Waals surface area contributed by atoms with Crippen LogP contribution >= 0.6 is 11.6 Å². The Labute approximate surface area is 109 Å². The number of hydrogen-bond acceptors (Lipinski definition) is 3. The second kappa shape index (κ2) is 13.7. The van der Waals surface area contributed by atoms with E-state index in [1.807, 2.05) is 0 Å². The third-order valence-electron chi connectivity index (χ3n) is 2.26. The number of alkyl halides is 1. The van der Waals surface area contributed by atoms with E-state index in [-0.39, 0.29) is 5.91 Å². The molecule has 0 spiro atoms. The molecule has 0 saturated carbocycles. The van der Waals surface area contributed by atoms with Crippen molar-refractivity contribution >= 4 is 17.5 Å². The molecule has 0 saturated heterocycles. The first kappa shape index (κ1) is 16.7. The van der Waals surface area contributed by atoms with Gasteiger partial charge in [-0.1, -0.05) is 12.8 Å². The van der Waals surface area contributed by atoms with Gasteiger partial charge < -0.3 is 15.2 Å². The van der Waals surface area contributed by atoms with Crippen molar-refractivity contribution in [2.75, 3.05) is 32.3 Å². The summed E-state index contributed by atoms with van der Waals surface area (Å²) in [6, 6.07) is 0. The zero-order valence-electron chi connectivity index (χ0n) is 10.5. The maximum absolute atomic E-state index is 10.4. The molecule has 0 rings (SSSR count). The Balaban J connectivity index is 2.91. The Morgan fingerprint density at radius 2 is 1.47 bits per heavy atom. The topological polar surface area (TPSA) is 61.6 Å². The normalized spacial score (nSPS) is 10.6. The van der Waals surface area contributed by atoms with Crippen molar-refractivity contribution in [3.05, 3.63) is 0 Å². The molecule has 0 aliphatic carbocycles. The molecular weight excluding hydrogens is 242 g/mol. The SMILES string of the molecule is NC(=O)CCCOCCOCCCCCCCl. The minimum Gasteiger partial charge on any atom is -0.379 e. The van der Waals surface area contributed by atoms with E-state index < -0.39 is 0 Å². The molecule has 2 N–H and O–H groups in total. The lowest BCUT2D eigenvalue weighted by molar-refractivity contribution is -0.118. The lowest BCUT2D eigenvalue weighted by Gasteiger charge is -2.05. The summed E-state index contributed by atoms with van der Waals surface area (Å²) in [5.41, 5.74) is 5.00. The van der Waals surface area contributed by atoms with Crippen molar-refractivity contribution < 1.29 is 14.3 Å². The summed E-state index contributed by atoms with van der Waals surface area (Å²) in [7, 11) is 0. The fraction of sp³-hybridized carbons (Fsp3) is 0.917. The Bertz CT molecular complexity index is 179. The highest BCUT2D eigenvalue weighted by molar-refractivity contribution is 6.17. The Hall–Kier alpha value is -0.320. The molecule has 0 bridgehead atoms. The number of primary amides is 1. The van der Waals surface area contributed by atoms with Crippen molar-refractivity contribution in [1.82, 2.24) is 0 Å². The summed E-state index contributed by atoms with van der Waals surface area (Å²) in [5, 5.41) is 0. The molecule has 0 fully saturated rings. The zero-order valence-corrected chi connectivity index (χ0v) is 11.2. The Kier molecular flexibility index (Phi) is 13.5. The molecule has 0 aromatic rings. The molecule has 17 heavy (non-hydrogen) atoms. The molecule has 0 aliphatic heterocycles. The van der Waals surface area contributed by atoms with Gasteiger partial charge in [0.15, 0.2) is 0 Å². The van der Waals surface area contributed by atoms with Crippen LogP contribution in [0.2, 0.25) is 0 Å². The number of carbonyl (C=O) groups excluding carboxylic acids is 1. The van der Waals surface area contributed by atoms with Crippen LogP contribution in [0.25, 0.3) is 0 Å². The van der Waals surface area contributed by atoms with Gasteiger partial charge in [-0.2, -0.15) is 0 Å². The monoisotopic (exact) mass is 265 g/mol. The molecule has 0 heterocycles. The quantitative estimate of drug-likeness (QED) is 0.410. The summed E-state index contributed by atoms with van der Waals surface area (Å²) < 4.78 is 10.7. The van der Waals surface area contributed by atoms with Gasteiger partial charge in [-0.15, -0.1) is 11.6 Å². The number of hydrogen-bond donors (Lipinski definition) is 1. The number of nitrogens with two attached hydrogens (primary N) is 1. The van der Waals surface area contributed by atoms with Gasteiger partial charge in [-0.05, 0) is 19.3 Å². The molecule has 5 heteroatoms. The van der Waals surface area contributed by atoms with Gasteiger partial charge in [0.1, 0.15) is 0 Å². The number of ether oxygens (including phenoxy) is 2. The van der Waals surface area contributed by atoms with Crippen molar-refractivity contribution in [3.8, 4) is 0 Å². The first-order chi connectivity index (χ1) is 8.27. The predicted octanol–water partition coefficient (Wildman–Crippen LogP) is 2.08. The molecule has 0 unspecified atom stereocenters. The van der Waals surface area contributed by atoms with Crippen LogP contribution in [-0.4, -0.2) is 38.2 Å². The summed E-state index contributed by atoms with van der Waals surface area (Å²) in [4.78, 5) is 10.4. The van der Waals surface area contributed by atoms with E-state index in [0.29, 0.717) is 32.7 Å². The lowest BCUT2D eigenvalue weighted by Crippen LogP contribution is -2.12. The van der Waals surface area contributed by atoms with Crippen molar-refractivity contribution in [3.63, 3.8) is 0 Å². The van der Waals surface area contributed by atoms with Crippen LogP contribution in [0.15, 0.2) is 0 Å². The molecule has 0 radical (unpaired) electrons. The van der Waals surface area contributed by atoms with E-state index in [9.17, 15) is 4.79 Å². The van der Waals surface area contributed by atoms with Gasteiger partial charge >= 0.3 is 0 Å². The van der Waals surface area contributed by atoms with Crippen LogP contribution in [0.5, 0.6) is 0 Å².